The van der Waals surface area contributed by atoms with Crippen LogP contribution in [0.3, 0.4) is 0 Å². The molecule has 6 nitrogen and oxygen atoms in total. The van der Waals surface area contributed by atoms with E-state index in [1.807, 2.05) is 6.07 Å². The zero-order valence-electron chi connectivity index (χ0n) is 66.5. The molecule has 6 atom stereocenters. The first-order chi connectivity index (χ1) is 55.2. The zero-order chi connectivity index (χ0) is 77.0. The topological polar surface area (TPSA) is 51.2 Å². The molecule has 12 aromatic rings. The molecule has 10 aliphatic rings. The number of hydrogen-bond acceptors (Lipinski definition) is 6. The molecule has 2 aromatic heterocycles. The van der Waals surface area contributed by atoms with Gasteiger partial charge in [-0.25, -0.2) is 0 Å². The Morgan fingerprint density at radius 1 is 0.474 bits per heavy atom. The minimum atomic E-state index is -0.223. The number of hydrogen-bond donors (Lipinski definition) is 0. The summed E-state index contributed by atoms with van der Waals surface area (Å²) in [6.45, 7) is 23.5. The van der Waals surface area contributed by atoms with Crippen LogP contribution in [-0.2, 0) is 44.0 Å². The highest BCUT2D eigenvalue weighted by Crippen LogP contribution is 2.60. The number of rotatable bonds is 10. The third kappa shape index (κ3) is 10.9. The highest BCUT2D eigenvalue weighted by Gasteiger charge is 2.49. The molecule has 0 spiro atoms. The van der Waals surface area contributed by atoms with Crippen LogP contribution in [0.15, 0.2) is 293 Å². The molecule has 6 unspecified atom stereocenters. The maximum absolute atomic E-state index is 7.90. The summed E-state index contributed by atoms with van der Waals surface area (Å²) in [5, 5.41) is 6.03. The van der Waals surface area contributed by atoms with Crippen LogP contribution in [-0.4, -0.2) is 6.10 Å². The van der Waals surface area contributed by atoms with Gasteiger partial charge in [-0.1, -0.05) is 263 Å². The third-order valence-electron chi connectivity index (χ3n) is 27.0. The van der Waals surface area contributed by atoms with Gasteiger partial charge in [-0.3, -0.25) is 9.80 Å². The second-order valence-electron chi connectivity index (χ2n) is 36.5. The number of furan rings is 2. The van der Waals surface area contributed by atoms with Crippen LogP contribution >= 0.6 is 0 Å². The van der Waals surface area contributed by atoms with E-state index < -0.39 is 0 Å². The standard InChI is InChI=1S/C108H92N2O4/c1-105(2,3)77-39-31-63(32-40-77)99-101-85-47-50-96-102(86(85)48-49-95(101)113-103(99)109(79-43-35-65-51-73(29-27-67(65)53-79)97-61-71-19-11-17-25-93(71)111-97)81-45-37-69-57-87-83-21-13-15-23-89(83)107(7,8)91(87)59-75(69)55-81)100(64-33-41-78(42-34-64)106(4,5)6)104(114-96)110(80-44-36-66-52-74(30-28-68(66)54-80)98-62-72-20-12-18-26-94(72)112-98)82-46-38-70-58-88-84-22-14-16-24-90(84)108(9,10)92(88)60-76(70)56-82/h11-34,37-42,45-62,71,86,88,92-93,102H,35-36,43-44H2,1-10H3. The minimum absolute atomic E-state index is 0.0290. The summed E-state index contributed by atoms with van der Waals surface area (Å²) in [4.78, 5) is 5.00. The molecule has 8 aliphatic carbocycles. The molecule has 0 amide bonds. The van der Waals surface area contributed by atoms with Gasteiger partial charge < -0.3 is 18.3 Å². The predicted octanol–water partition coefficient (Wildman–Crippen LogP) is 25.7. The molecule has 22 rings (SSSR count). The Labute approximate surface area is 668 Å². The van der Waals surface area contributed by atoms with Crippen LogP contribution in [0.25, 0.3) is 103 Å². The van der Waals surface area contributed by atoms with E-state index in [0.29, 0.717) is 11.8 Å². The van der Waals surface area contributed by atoms with Gasteiger partial charge in [0.25, 0.3) is 0 Å². The van der Waals surface area contributed by atoms with Crippen LogP contribution in [0, 0.1) is 23.7 Å². The van der Waals surface area contributed by atoms with Crippen molar-refractivity contribution in [1.29, 1.82) is 0 Å². The number of anilines is 3. The van der Waals surface area contributed by atoms with Crippen molar-refractivity contribution in [1.82, 2.24) is 0 Å². The molecule has 2 aliphatic heterocycles. The lowest BCUT2D eigenvalue weighted by Crippen LogP contribution is -2.36. The van der Waals surface area contributed by atoms with E-state index >= 15 is 0 Å². The summed E-state index contributed by atoms with van der Waals surface area (Å²) < 4.78 is 28.9. The van der Waals surface area contributed by atoms with Gasteiger partial charge in [0.05, 0.1) is 11.5 Å². The van der Waals surface area contributed by atoms with Crippen molar-refractivity contribution in [2.24, 2.45) is 23.7 Å². The number of fused-ring (bicyclic) bond motifs is 17. The fourth-order valence-electron chi connectivity index (χ4n) is 20.8. The molecule has 0 N–H and O–H groups in total. The summed E-state index contributed by atoms with van der Waals surface area (Å²) >= 11 is 0. The van der Waals surface area contributed by atoms with Crippen LogP contribution in [0.2, 0.25) is 0 Å². The van der Waals surface area contributed by atoms with E-state index in [1.165, 1.54) is 105 Å². The molecular weight excluding hydrogens is 1390 g/mol. The second kappa shape index (κ2) is 25.2. The van der Waals surface area contributed by atoms with Gasteiger partial charge >= 0.3 is 0 Å². The van der Waals surface area contributed by atoms with Crippen molar-refractivity contribution < 1.29 is 18.3 Å². The molecule has 4 heterocycles. The number of para-hydroxylation sites is 1. The molecule has 0 saturated heterocycles. The molecule has 0 bridgehead atoms. The minimum Gasteiger partial charge on any atom is -0.485 e. The molecule has 0 radical (unpaired) electrons. The lowest BCUT2D eigenvalue weighted by Gasteiger charge is -2.32. The Balaban J connectivity index is 0.722. The first-order valence-corrected chi connectivity index (χ1v) is 41.2. The summed E-state index contributed by atoms with van der Waals surface area (Å²) in [5.74, 6) is 5.69. The summed E-state index contributed by atoms with van der Waals surface area (Å²) in [6, 6.07) is 80.5. The number of nitrogens with zero attached hydrogens (tertiary/aromatic N) is 2. The van der Waals surface area contributed by atoms with E-state index in [9.17, 15) is 0 Å². The normalized spacial score (nSPS) is 21.1. The largest absolute Gasteiger partial charge is 0.485 e. The highest BCUT2D eigenvalue weighted by atomic mass is 16.5. The van der Waals surface area contributed by atoms with Crippen LogP contribution in [0.5, 0.6) is 0 Å². The molecular formula is C108H92N2O4. The monoisotopic (exact) mass is 1480 g/mol. The lowest BCUT2D eigenvalue weighted by atomic mass is 9.70. The maximum Gasteiger partial charge on any atom is 0.213 e. The van der Waals surface area contributed by atoms with Crippen molar-refractivity contribution in [2.45, 2.75) is 129 Å². The summed E-state index contributed by atoms with van der Waals surface area (Å²) in [6.07, 6.45) is 33.6. The van der Waals surface area contributed by atoms with Gasteiger partial charge in [0.2, 0.25) is 11.8 Å². The van der Waals surface area contributed by atoms with Gasteiger partial charge in [-0.05, 0) is 250 Å². The number of allylic oxidation sites excluding steroid dienone is 9. The van der Waals surface area contributed by atoms with E-state index in [1.54, 1.807) is 0 Å². The lowest BCUT2D eigenvalue weighted by molar-refractivity contribution is 0.213. The van der Waals surface area contributed by atoms with E-state index in [4.69, 9.17) is 18.3 Å². The summed E-state index contributed by atoms with van der Waals surface area (Å²) in [7, 11) is 0. The van der Waals surface area contributed by atoms with Crippen LogP contribution in [0.1, 0.15) is 166 Å². The molecule has 114 heavy (non-hydrogen) atoms. The third-order valence-corrected chi connectivity index (χ3v) is 27.0. The molecule has 0 saturated carbocycles. The molecule has 6 heteroatoms. The van der Waals surface area contributed by atoms with Gasteiger partial charge in [-0.15, -0.1) is 0 Å². The molecule has 0 fully saturated rings. The summed E-state index contributed by atoms with van der Waals surface area (Å²) in [5.41, 5.74) is 29.8. The first-order valence-electron chi connectivity index (χ1n) is 41.2. The average Bonchev–Trinajstić information content (AvgIpc) is 1.55. The fraction of sp³-hybridized carbons (Fsp3) is 0.222. The van der Waals surface area contributed by atoms with Crippen molar-refractivity contribution in [3.05, 3.63) is 372 Å². The zero-order valence-corrected chi connectivity index (χ0v) is 66.5. The smallest absolute Gasteiger partial charge is 0.213 e. The second-order valence-corrected chi connectivity index (χ2v) is 36.5. The number of aryl methyl sites for hydroxylation is 2. The van der Waals surface area contributed by atoms with E-state index in [-0.39, 0.29) is 45.5 Å². The van der Waals surface area contributed by atoms with Gasteiger partial charge in [0, 0.05) is 73.6 Å². The van der Waals surface area contributed by atoms with Crippen molar-refractivity contribution in [3.8, 4) is 33.6 Å². The molecule has 10 aromatic carbocycles. The average molecular weight is 1480 g/mol. The Bertz CT molecular complexity index is 6570. The Morgan fingerprint density at radius 3 is 1.91 bits per heavy atom. The maximum atomic E-state index is 7.90. The van der Waals surface area contributed by atoms with Gasteiger partial charge in [-0.2, -0.15) is 0 Å². The fourth-order valence-corrected chi connectivity index (χ4v) is 20.8. The van der Waals surface area contributed by atoms with Crippen LogP contribution < -0.4 is 20.2 Å². The number of benzene rings is 10. The first kappa shape index (κ1) is 68.7. The SMILES string of the molecule is CC(C)(C)c1ccc(C2=C(N(C3=Cc4ccc(-c5cc6ccccc6o5)cc4CC3)c3ccc4c(c3)=CC3C(C=4)c4ccccc4C3(C)C)OC3=CC=C4c5c(oc(N(C6=Cc7ccc(C8=CC9C=CC=CC9O8)cc7CC6)c6ccc7cc8c(cc7c6)C(C)(C)c6ccccc6-8)c5-c5ccc(C(C)(C)C)cc5)C=CC4C32)cc1. The quantitative estimate of drug-likeness (QED) is 0.136. The van der Waals surface area contributed by atoms with Gasteiger partial charge in [0.15, 0.2) is 0 Å². The Kier molecular flexibility index (Phi) is 15.2. The van der Waals surface area contributed by atoms with Gasteiger partial charge in [0.1, 0.15) is 34.7 Å². The Hall–Kier alpha value is -12.1. The van der Waals surface area contributed by atoms with E-state index in [0.717, 1.165) is 122 Å². The van der Waals surface area contributed by atoms with Crippen LogP contribution in [0.4, 0.5) is 17.3 Å². The van der Waals surface area contributed by atoms with Crippen molar-refractivity contribution >= 4 is 86.3 Å². The van der Waals surface area contributed by atoms with Crippen molar-refractivity contribution in [3.63, 3.8) is 0 Å². The highest BCUT2D eigenvalue weighted by molar-refractivity contribution is 6.01. The number of ether oxygens (including phenoxy) is 2. The van der Waals surface area contributed by atoms with Crippen molar-refractivity contribution in [2.75, 3.05) is 9.80 Å². The predicted molar refractivity (Wildman–Crippen MR) is 470 cm³/mol. The molecule has 558 valence electrons. The Morgan fingerprint density at radius 2 is 1.15 bits per heavy atom. The van der Waals surface area contributed by atoms with E-state index in [2.05, 4.69) is 364 Å².